The smallest absolute Gasteiger partial charge is 0.311 e. The first-order valence-corrected chi connectivity index (χ1v) is 7.13. The van der Waals surface area contributed by atoms with E-state index in [0.717, 1.165) is 12.8 Å². The highest BCUT2D eigenvalue weighted by Crippen LogP contribution is 2.27. The molecule has 0 fully saturated rings. The maximum Gasteiger partial charge on any atom is 0.311 e. The van der Waals surface area contributed by atoms with Gasteiger partial charge in [-0.2, -0.15) is 0 Å². The zero-order valence-corrected chi connectivity index (χ0v) is 12.5. The number of aliphatic carboxylic acids is 1. The molecule has 0 aliphatic carbocycles. The zero-order chi connectivity index (χ0) is 15.8. The largest absolute Gasteiger partial charge is 0.507 e. The Balaban J connectivity index is 2.29. The zero-order valence-electron chi connectivity index (χ0n) is 12.5. The van der Waals surface area contributed by atoms with Crippen LogP contribution >= 0.6 is 0 Å². The highest BCUT2D eigenvalue weighted by Gasteiger charge is 2.08. The summed E-state index contributed by atoms with van der Waals surface area (Å²) in [7, 11) is 0. The molecule has 0 aliphatic rings. The van der Waals surface area contributed by atoms with Crippen molar-refractivity contribution in [2.24, 2.45) is 0 Å². The Morgan fingerprint density at radius 3 is 2.05 bits per heavy atom. The van der Waals surface area contributed by atoms with Gasteiger partial charge >= 0.3 is 11.9 Å². The molecule has 0 unspecified atom stereocenters. The van der Waals surface area contributed by atoms with Gasteiger partial charge in [0.1, 0.15) is 11.5 Å². The number of carboxylic acids is 1. The minimum Gasteiger partial charge on any atom is -0.507 e. The number of benzene rings is 1. The Morgan fingerprint density at radius 2 is 1.52 bits per heavy atom. The number of carbonyl (C=O) groups is 2. The summed E-state index contributed by atoms with van der Waals surface area (Å²) in [6.07, 6.45) is 3.44. The minimum atomic E-state index is -0.785. The average molecular weight is 294 g/mol. The van der Waals surface area contributed by atoms with Crippen molar-refractivity contribution in [3.8, 4) is 11.5 Å². The fourth-order valence-electron chi connectivity index (χ4n) is 2.06. The second-order valence-electron chi connectivity index (χ2n) is 5.19. The van der Waals surface area contributed by atoms with Crippen molar-refractivity contribution in [3.05, 3.63) is 23.3 Å². The van der Waals surface area contributed by atoms with Crippen molar-refractivity contribution in [1.82, 2.24) is 0 Å². The van der Waals surface area contributed by atoms with Crippen molar-refractivity contribution in [2.45, 2.75) is 52.4 Å². The summed E-state index contributed by atoms with van der Waals surface area (Å²) in [5.41, 5.74) is 1.35. The van der Waals surface area contributed by atoms with E-state index >= 15 is 0 Å². The van der Waals surface area contributed by atoms with Crippen LogP contribution in [0.25, 0.3) is 0 Å². The first kappa shape index (κ1) is 17.0. The summed E-state index contributed by atoms with van der Waals surface area (Å²) in [5.74, 6) is -0.433. The molecule has 2 N–H and O–H groups in total. The summed E-state index contributed by atoms with van der Waals surface area (Å²) >= 11 is 0. The van der Waals surface area contributed by atoms with Crippen molar-refractivity contribution in [2.75, 3.05) is 0 Å². The van der Waals surface area contributed by atoms with E-state index in [2.05, 4.69) is 0 Å². The maximum absolute atomic E-state index is 11.7. The van der Waals surface area contributed by atoms with Crippen LogP contribution in [0.3, 0.4) is 0 Å². The van der Waals surface area contributed by atoms with E-state index in [1.165, 1.54) is 0 Å². The number of hydrogen-bond acceptors (Lipinski definition) is 4. The Labute approximate surface area is 124 Å². The summed E-state index contributed by atoms with van der Waals surface area (Å²) < 4.78 is 5.23. The lowest BCUT2D eigenvalue weighted by Crippen LogP contribution is -2.08. The average Bonchev–Trinajstić information content (AvgIpc) is 2.39. The van der Waals surface area contributed by atoms with E-state index in [9.17, 15) is 14.7 Å². The van der Waals surface area contributed by atoms with Crippen molar-refractivity contribution < 1.29 is 24.5 Å². The summed E-state index contributed by atoms with van der Waals surface area (Å²) in [6, 6.07) is 3.26. The predicted molar refractivity (Wildman–Crippen MR) is 78.6 cm³/mol. The van der Waals surface area contributed by atoms with Gasteiger partial charge in [-0.1, -0.05) is 12.8 Å². The Kier molecular flexibility index (Phi) is 6.72. The Hall–Kier alpha value is -2.04. The molecule has 0 atom stereocenters. The first-order chi connectivity index (χ1) is 9.90. The van der Waals surface area contributed by atoms with Gasteiger partial charge in [-0.3, -0.25) is 9.59 Å². The van der Waals surface area contributed by atoms with Gasteiger partial charge in [0.05, 0.1) is 0 Å². The van der Waals surface area contributed by atoms with Crippen LogP contribution in [0.1, 0.15) is 49.7 Å². The number of phenols is 1. The third-order valence-electron chi connectivity index (χ3n) is 3.22. The van der Waals surface area contributed by atoms with E-state index in [0.29, 0.717) is 36.1 Å². The van der Waals surface area contributed by atoms with Crippen LogP contribution in [0.5, 0.6) is 11.5 Å². The van der Waals surface area contributed by atoms with Gasteiger partial charge in [0.2, 0.25) is 0 Å². The fraction of sp³-hybridized carbons (Fsp3) is 0.500. The van der Waals surface area contributed by atoms with E-state index in [4.69, 9.17) is 9.84 Å². The molecular weight excluding hydrogens is 272 g/mol. The number of aryl methyl sites for hydroxylation is 2. The molecule has 0 radical (unpaired) electrons. The molecule has 0 saturated carbocycles. The van der Waals surface area contributed by atoms with Gasteiger partial charge in [0.15, 0.2) is 0 Å². The van der Waals surface area contributed by atoms with Crippen LogP contribution in [0.4, 0.5) is 0 Å². The Bertz CT molecular complexity index is 484. The SMILES string of the molecule is Cc1cc(OC(=O)CCCCCCC(=O)O)cc(C)c1O. The van der Waals surface area contributed by atoms with Gasteiger partial charge in [0, 0.05) is 12.8 Å². The van der Waals surface area contributed by atoms with Crippen LogP contribution < -0.4 is 4.74 Å². The number of carboxylic acid groups (broad SMARTS) is 1. The van der Waals surface area contributed by atoms with E-state index in [-0.39, 0.29) is 18.1 Å². The monoisotopic (exact) mass is 294 g/mol. The lowest BCUT2D eigenvalue weighted by molar-refractivity contribution is -0.137. The van der Waals surface area contributed by atoms with Crippen molar-refractivity contribution >= 4 is 11.9 Å². The maximum atomic E-state index is 11.7. The second-order valence-corrected chi connectivity index (χ2v) is 5.19. The van der Waals surface area contributed by atoms with Gasteiger partial charge in [-0.25, -0.2) is 0 Å². The lowest BCUT2D eigenvalue weighted by atomic mass is 10.1. The van der Waals surface area contributed by atoms with Gasteiger partial charge in [-0.15, -0.1) is 0 Å². The van der Waals surface area contributed by atoms with Crippen LogP contribution in [-0.4, -0.2) is 22.2 Å². The summed E-state index contributed by atoms with van der Waals surface area (Å²) in [4.78, 5) is 22.0. The molecule has 1 aromatic carbocycles. The third kappa shape index (κ3) is 6.29. The molecule has 116 valence electrons. The lowest BCUT2D eigenvalue weighted by Gasteiger charge is -2.08. The molecular formula is C16H22O5. The van der Waals surface area contributed by atoms with E-state index in [1.54, 1.807) is 26.0 Å². The van der Waals surface area contributed by atoms with Crippen molar-refractivity contribution in [3.63, 3.8) is 0 Å². The first-order valence-electron chi connectivity index (χ1n) is 7.13. The molecule has 0 bridgehead atoms. The number of esters is 1. The highest BCUT2D eigenvalue weighted by molar-refractivity contribution is 5.72. The molecule has 0 amide bonds. The second kappa shape index (κ2) is 8.29. The molecule has 21 heavy (non-hydrogen) atoms. The number of hydrogen-bond donors (Lipinski definition) is 2. The summed E-state index contributed by atoms with van der Waals surface area (Å²) in [6.45, 7) is 3.50. The summed E-state index contributed by atoms with van der Waals surface area (Å²) in [5, 5.41) is 18.1. The van der Waals surface area contributed by atoms with Crippen LogP contribution in [0, 0.1) is 13.8 Å². The van der Waals surface area contributed by atoms with E-state index < -0.39 is 5.97 Å². The van der Waals surface area contributed by atoms with Gasteiger partial charge < -0.3 is 14.9 Å². The molecule has 5 nitrogen and oxygen atoms in total. The van der Waals surface area contributed by atoms with Crippen molar-refractivity contribution in [1.29, 1.82) is 0 Å². The number of phenolic OH excluding ortho intramolecular Hbond substituents is 1. The number of ether oxygens (including phenoxy) is 1. The van der Waals surface area contributed by atoms with Gasteiger partial charge in [-0.05, 0) is 49.9 Å². The predicted octanol–water partition coefficient (Wildman–Crippen LogP) is 3.34. The normalized spacial score (nSPS) is 10.4. The molecule has 0 aromatic heterocycles. The topological polar surface area (TPSA) is 83.8 Å². The number of carbonyl (C=O) groups excluding carboxylic acids is 1. The molecule has 1 aromatic rings. The van der Waals surface area contributed by atoms with E-state index in [1.807, 2.05) is 0 Å². The third-order valence-corrected chi connectivity index (χ3v) is 3.22. The minimum absolute atomic E-state index is 0.177. The Morgan fingerprint density at radius 1 is 1.00 bits per heavy atom. The van der Waals surface area contributed by atoms with Crippen LogP contribution in [0.15, 0.2) is 12.1 Å². The quantitative estimate of drug-likeness (QED) is 0.436. The highest BCUT2D eigenvalue weighted by atomic mass is 16.5. The van der Waals surface area contributed by atoms with Gasteiger partial charge in [0.25, 0.3) is 0 Å². The molecule has 0 heterocycles. The number of aromatic hydroxyl groups is 1. The molecule has 5 heteroatoms. The number of rotatable bonds is 8. The molecule has 0 spiro atoms. The van der Waals surface area contributed by atoms with Crippen LogP contribution in [-0.2, 0) is 9.59 Å². The molecule has 1 rings (SSSR count). The van der Waals surface area contributed by atoms with Crippen LogP contribution in [0.2, 0.25) is 0 Å². The fourth-order valence-corrected chi connectivity index (χ4v) is 2.06. The standard InChI is InChI=1S/C16H22O5/c1-11-9-13(10-12(2)16(11)20)21-15(19)8-6-4-3-5-7-14(17)18/h9-10,20H,3-8H2,1-2H3,(H,17,18). The molecule has 0 saturated heterocycles. The molecule has 0 aliphatic heterocycles. The number of unbranched alkanes of at least 4 members (excludes halogenated alkanes) is 3.